The number of rotatable bonds is 7. The quantitative estimate of drug-likeness (QED) is 0.400. The van der Waals surface area contributed by atoms with Crippen LogP contribution in [0.3, 0.4) is 0 Å². The average Bonchev–Trinajstić information content (AvgIpc) is 3.13. The van der Waals surface area contributed by atoms with Crippen LogP contribution in [0.1, 0.15) is 28.9 Å². The average molecular weight is 456 g/mol. The summed E-state index contributed by atoms with van der Waals surface area (Å²) < 4.78 is 6.38. The van der Waals surface area contributed by atoms with Gasteiger partial charge in [0.15, 0.2) is 4.34 Å². The molecule has 0 saturated heterocycles. The maximum Gasteiger partial charge on any atom is 0.256 e. The Morgan fingerprint density at radius 2 is 1.97 bits per heavy atom. The fourth-order valence-electron chi connectivity index (χ4n) is 2.99. The van der Waals surface area contributed by atoms with Gasteiger partial charge in [0.1, 0.15) is 10.8 Å². The molecule has 4 aromatic rings. The van der Waals surface area contributed by atoms with Gasteiger partial charge in [0.2, 0.25) is 11.9 Å². The van der Waals surface area contributed by atoms with Gasteiger partial charge in [-0.1, -0.05) is 23.1 Å². The van der Waals surface area contributed by atoms with Crippen molar-refractivity contribution in [3.63, 3.8) is 0 Å². The van der Waals surface area contributed by atoms with E-state index in [0.29, 0.717) is 35.5 Å². The number of fused-ring (bicyclic) bond motifs is 1. The molecule has 160 valence electrons. The van der Waals surface area contributed by atoms with Gasteiger partial charge in [0, 0.05) is 16.7 Å². The van der Waals surface area contributed by atoms with Crippen molar-refractivity contribution >= 4 is 45.9 Å². The molecule has 0 fully saturated rings. The van der Waals surface area contributed by atoms with E-state index in [1.165, 1.54) is 23.1 Å². The van der Waals surface area contributed by atoms with E-state index in [4.69, 9.17) is 4.74 Å². The summed E-state index contributed by atoms with van der Waals surface area (Å²) in [4.78, 5) is 28.9. The van der Waals surface area contributed by atoms with Crippen LogP contribution in [0, 0.1) is 20.8 Å². The van der Waals surface area contributed by atoms with Crippen molar-refractivity contribution in [2.24, 2.45) is 0 Å². The van der Waals surface area contributed by atoms with Crippen molar-refractivity contribution in [2.45, 2.75) is 37.8 Å². The summed E-state index contributed by atoms with van der Waals surface area (Å²) in [6, 6.07) is 5.68. The third-order valence-corrected chi connectivity index (χ3v) is 6.47. The van der Waals surface area contributed by atoms with Crippen LogP contribution in [0.25, 0.3) is 10.9 Å². The molecule has 1 aromatic carbocycles. The van der Waals surface area contributed by atoms with Crippen LogP contribution in [-0.2, 0) is 5.75 Å². The topological polar surface area (TPSA) is 119 Å². The second-order valence-corrected chi connectivity index (χ2v) is 9.13. The Hall–Kier alpha value is -3.05. The van der Waals surface area contributed by atoms with Gasteiger partial charge in [-0.05, 0) is 45.9 Å². The fourth-order valence-corrected chi connectivity index (χ4v) is 4.89. The van der Waals surface area contributed by atoms with Crippen LogP contribution in [0.5, 0.6) is 5.75 Å². The SMILES string of the molecule is CCOc1ccc2nc(Nc3nc(C)c(CSc4nnc(C)s4)c(=O)[nH]3)nc(C)c2c1. The number of benzene rings is 1. The number of thioether (sulfide) groups is 1. The number of aromatic amines is 1. The zero-order valence-electron chi connectivity index (χ0n) is 17.5. The number of aromatic nitrogens is 6. The van der Waals surface area contributed by atoms with Crippen LogP contribution in [0.15, 0.2) is 27.3 Å². The molecule has 11 heteroatoms. The van der Waals surface area contributed by atoms with Crippen LogP contribution in [0.2, 0.25) is 0 Å². The summed E-state index contributed by atoms with van der Waals surface area (Å²) in [5, 5.41) is 12.9. The summed E-state index contributed by atoms with van der Waals surface area (Å²) in [5.41, 5.74) is 2.61. The zero-order valence-corrected chi connectivity index (χ0v) is 19.1. The fraction of sp³-hybridized carbons (Fsp3) is 0.300. The monoisotopic (exact) mass is 455 g/mol. The van der Waals surface area contributed by atoms with Crippen LogP contribution in [0.4, 0.5) is 11.9 Å². The first-order valence-corrected chi connectivity index (χ1v) is 11.4. The summed E-state index contributed by atoms with van der Waals surface area (Å²) in [6.07, 6.45) is 0. The highest BCUT2D eigenvalue weighted by Gasteiger charge is 2.12. The molecule has 9 nitrogen and oxygen atoms in total. The minimum absolute atomic E-state index is 0.206. The molecule has 0 amide bonds. The van der Waals surface area contributed by atoms with E-state index in [1.807, 2.05) is 45.9 Å². The Balaban J connectivity index is 1.55. The molecule has 0 spiro atoms. The maximum absolute atomic E-state index is 12.6. The number of H-pyrrole nitrogens is 1. The molecule has 31 heavy (non-hydrogen) atoms. The summed E-state index contributed by atoms with van der Waals surface area (Å²) in [7, 11) is 0. The summed E-state index contributed by atoms with van der Waals surface area (Å²) >= 11 is 2.97. The van der Waals surface area contributed by atoms with Crippen molar-refractivity contribution in [2.75, 3.05) is 11.9 Å². The molecule has 3 heterocycles. The first kappa shape index (κ1) is 21.2. The Kier molecular flexibility index (Phi) is 6.14. The van der Waals surface area contributed by atoms with Gasteiger partial charge in [-0.3, -0.25) is 15.1 Å². The predicted octanol–water partition coefficient (Wildman–Crippen LogP) is 3.92. The smallest absolute Gasteiger partial charge is 0.256 e. The summed E-state index contributed by atoms with van der Waals surface area (Å²) in [6.45, 7) is 8.15. The second-order valence-electron chi connectivity index (χ2n) is 6.72. The van der Waals surface area contributed by atoms with Crippen molar-refractivity contribution in [3.05, 3.63) is 50.5 Å². The normalized spacial score (nSPS) is 11.1. The molecule has 3 aromatic heterocycles. The standard InChI is InChI=1S/C20H21N7O2S2/c1-5-29-13-6-7-16-14(8-13)10(2)21-18(23-16)25-19-22-11(3)15(17(28)24-19)9-30-20-27-26-12(4)31-20/h6-8H,5,9H2,1-4H3,(H2,21,22,23,24,25,28). The molecule has 0 aliphatic heterocycles. The first-order chi connectivity index (χ1) is 14.9. The summed E-state index contributed by atoms with van der Waals surface area (Å²) in [5.74, 6) is 1.91. The Labute approximate surface area is 186 Å². The van der Waals surface area contributed by atoms with Crippen molar-refractivity contribution in [1.82, 2.24) is 30.1 Å². The van der Waals surface area contributed by atoms with Crippen molar-refractivity contribution in [3.8, 4) is 5.75 Å². The molecule has 0 saturated carbocycles. The lowest BCUT2D eigenvalue weighted by Gasteiger charge is -2.10. The molecule has 0 unspecified atom stereocenters. The molecule has 2 N–H and O–H groups in total. The lowest BCUT2D eigenvalue weighted by atomic mass is 10.2. The Bertz CT molecular complexity index is 1300. The number of ether oxygens (including phenoxy) is 1. The lowest BCUT2D eigenvalue weighted by molar-refractivity contribution is 0.340. The highest BCUT2D eigenvalue weighted by molar-refractivity contribution is 8.00. The largest absolute Gasteiger partial charge is 0.494 e. The maximum atomic E-state index is 12.6. The van der Waals surface area contributed by atoms with E-state index in [0.717, 1.165) is 31.7 Å². The van der Waals surface area contributed by atoms with Gasteiger partial charge in [-0.25, -0.2) is 15.0 Å². The van der Waals surface area contributed by atoms with E-state index in [-0.39, 0.29) is 5.56 Å². The zero-order chi connectivity index (χ0) is 22.0. The van der Waals surface area contributed by atoms with E-state index in [9.17, 15) is 4.79 Å². The lowest BCUT2D eigenvalue weighted by Crippen LogP contribution is -2.18. The third kappa shape index (κ3) is 4.83. The van der Waals surface area contributed by atoms with Gasteiger partial charge in [-0.15, -0.1) is 10.2 Å². The highest BCUT2D eigenvalue weighted by Crippen LogP contribution is 2.26. The van der Waals surface area contributed by atoms with E-state index in [2.05, 4.69) is 35.5 Å². The molecule has 0 bridgehead atoms. The Morgan fingerprint density at radius 1 is 1.13 bits per heavy atom. The molecular formula is C20H21N7O2S2. The van der Waals surface area contributed by atoms with Crippen molar-refractivity contribution in [1.29, 1.82) is 0 Å². The van der Waals surface area contributed by atoms with Crippen LogP contribution in [-0.4, -0.2) is 36.7 Å². The van der Waals surface area contributed by atoms with Crippen molar-refractivity contribution < 1.29 is 4.74 Å². The molecule has 0 aliphatic carbocycles. The number of aryl methyl sites for hydroxylation is 3. The van der Waals surface area contributed by atoms with E-state index in [1.54, 1.807) is 0 Å². The van der Waals surface area contributed by atoms with Crippen LogP contribution >= 0.6 is 23.1 Å². The molecule has 0 radical (unpaired) electrons. The number of nitrogens with zero attached hydrogens (tertiary/aromatic N) is 5. The van der Waals surface area contributed by atoms with Gasteiger partial charge in [0.25, 0.3) is 5.56 Å². The van der Waals surface area contributed by atoms with Gasteiger partial charge in [-0.2, -0.15) is 0 Å². The second kappa shape index (κ2) is 8.98. The molecule has 0 aliphatic rings. The first-order valence-electron chi connectivity index (χ1n) is 9.64. The molecule has 4 rings (SSSR count). The minimum Gasteiger partial charge on any atom is -0.494 e. The van der Waals surface area contributed by atoms with Gasteiger partial charge < -0.3 is 4.74 Å². The molecule has 0 atom stereocenters. The number of anilines is 2. The van der Waals surface area contributed by atoms with Gasteiger partial charge in [0.05, 0.1) is 23.5 Å². The minimum atomic E-state index is -0.206. The molecular weight excluding hydrogens is 434 g/mol. The number of hydrogen-bond donors (Lipinski definition) is 2. The third-order valence-electron chi connectivity index (χ3n) is 4.47. The highest BCUT2D eigenvalue weighted by atomic mass is 32.2. The Morgan fingerprint density at radius 3 is 2.68 bits per heavy atom. The number of hydrogen-bond acceptors (Lipinski definition) is 10. The van der Waals surface area contributed by atoms with E-state index < -0.39 is 0 Å². The van der Waals surface area contributed by atoms with Crippen LogP contribution < -0.4 is 15.6 Å². The number of nitrogens with one attached hydrogen (secondary N) is 2. The van der Waals surface area contributed by atoms with Gasteiger partial charge >= 0.3 is 0 Å². The predicted molar refractivity (Wildman–Crippen MR) is 123 cm³/mol. The van der Waals surface area contributed by atoms with E-state index >= 15 is 0 Å².